The molecule has 0 unspecified atom stereocenters. The Morgan fingerprint density at radius 3 is 2.46 bits per heavy atom. The smallest absolute Gasteiger partial charge is 0.241 e. The van der Waals surface area contributed by atoms with E-state index in [1.165, 1.54) is 23.3 Å². The van der Waals surface area contributed by atoms with Crippen molar-refractivity contribution in [2.24, 2.45) is 0 Å². The molecule has 0 bridgehead atoms. The van der Waals surface area contributed by atoms with E-state index in [1.807, 2.05) is 6.92 Å². The van der Waals surface area contributed by atoms with Crippen molar-refractivity contribution in [1.29, 1.82) is 0 Å². The number of aryl methyl sites for hydroxylation is 1. The molecule has 1 fully saturated rings. The Balaban J connectivity index is 1.49. The fourth-order valence-electron chi connectivity index (χ4n) is 3.32. The molecule has 1 aliphatic heterocycles. The van der Waals surface area contributed by atoms with Crippen molar-refractivity contribution >= 4 is 11.6 Å². The quantitative estimate of drug-likeness (QED) is 0.894. The zero-order valence-electron chi connectivity index (χ0n) is 15.4. The van der Waals surface area contributed by atoms with Crippen LogP contribution in [-0.2, 0) is 11.3 Å². The molecule has 138 valence electrons. The van der Waals surface area contributed by atoms with E-state index in [-0.39, 0.29) is 17.8 Å². The van der Waals surface area contributed by atoms with Crippen LogP contribution in [0.1, 0.15) is 18.1 Å². The molecule has 1 amide bonds. The molecule has 1 heterocycles. The minimum atomic E-state index is -0.305. The Kier molecular flexibility index (Phi) is 6.01. The second kappa shape index (κ2) is 8.43. The van der Waals surface area contributed by atoms with Gasteiger partial charge in [0.15, 0.2) is 0 Å². The third-order valence-electron chi connectivity index (χ3n) is 4.93. The molecule has 3 rings (SSSR count). The van der Waals surface area contributed by atoms with E-state index in [4.69, 9.17) is 0 Å². The number of anilines is 1. The van der Waals surface area contributed by atoms with Crippen LogP contribution in [-0.4, -0.2) is 47.9 Å². The molecular formula is C21H26FN3O. The van der Waals surface area contributed by atoms with E-state index < -0.39 is 0 Å². The average molecular weight is 355 g/mol. The Morgan fingerprint density at radius 1 is 1.12 bits per heavy atom. The molecule has 1 N–H and O–H groups in total. The number of piperazine rings is 1. The minimum Gasteiger partial charge on any atom is -0.325 e. The van der Waals surface area contributed by atoms with Crippen molar-refractivity contribution in [1.82, 2.24) is 9.80 Å². The molecule has 1 aliphatic rings. The van der Waals surface area contributed by atoms with Crippen LogP contribution in [0.25, 0.3) is 0 Å². The minimum absolute atomic E-state index is 0.0521. The van der Waals surface area contributed by atoms with Crippen molar-refractivity contribution < 1.29 is 9.18 Å². The zero-order chi connectivity index (χ0) is 18.5. The molecule has 0 saturated carbocycles. The van der Waals surface area contributed by atoms with Crippen LogP contribution in [0.15, 0.2) is 48.5 Å². The van der Waals surface area contributed by atoms with E-state index in [2.05, 4.69) is 46.3 Å². The number of carbonyl (C=O) groups excluding carboxylic acids is 1. The third-order valence-corrected chi connectivity index (χ3v) is 4.93. The fourth-order valence-corrected chi connectivity index (χ4v) is 3.32. The van der Waals surface area contributed by atoms with Crippen molar-refractivity contribution in [2.75, 3.05) is 31.5 Å². The summed E-state index contributed by atoms with van der Waals surface area (Å²) in [6, 6.07) is 14.3. The summed E-state index contributed by atoms with van der Waals surface area (Å²) in [4.78, 5) is 17.1. The summed E-state index contributed by atoms with van der Waals surface area (Å²) in [5, 5.41) is 2.86. The first-order valence-electron chi connectivity index (χ1n) is 9.09. The fraction of sp³-hybridized carbons (Fsp3) is 0.381. The third kappa shape index (κ3) is 4.90. The van der Waals surface area contributed by atoms with Gasteiger partial charge in [0.25, 0.3) is 0 Å². The standard InChI is InChI=1S/C21H26FN3O/c1-16-4-3-5-18(14-16)15-24-10-12-25(13-11-24)17(2)21(26)23-20-8-6-19(22)7-9-20/h3-9,14,17H,10-13,15H2,1-2H3,(H,23,26)/t17-/m0/s1. The van der Waals surface area contributed by atoms with Crippen LogP contribution in [0.3, 0.4) is 0 Å². The number of halogens is 1. The Morgan fingerprint density at radius 2 is 1.81 bits per heavy atom. The molecule has 0 radical (unpaired) electrons. The highest BCUT2D eigenvalue weighted by atomic mass is 19.1. The van der Waals surface area contributed by atoms with E-state index >= 15 is 0 Å². The van der Waals surface area contributed by atoms with Gasteiger partial charge < -0.3 is 5.32 Å². The molecule has 0 aromatic heterocycles. The molecule has 5 heteroatoms. The Labute approximate surface area is 154 Å². The van der Waals surface area contributed by atoms with Crippen LogP contribution in [0.5, 0.6) is 0 Å². The summed E-state index contributed by atoms with van der Waals surface area (Å²) in [6.07, 6.45) is 0. The number of nitrogens with zero attached hydrogens (tertiary/aromatic N) is 2. The number of rotatable bonds is 5. The first-order chi connectivity index (χ1) is 12.5. The number of carbonyl (C=O) groups is 1. The number of nitrogens with one attached hydrogen (secondary N) is 1. The van der Waals surface area contributed by atoms with Gasteiger partial charge in [-0.25, -0.2) is 4.39 Å². The SMILES string of the molecule is Cc1cccc(CN2CCN([C@@H](C)C(=O)Nc3ccc(F)cc3)CC2)c1. The highest BCUT2D eigenvalue weighted by molar-refractivity contribution is 5.94. The summed E-state index contributed by atoms with van der Waals surface area (Å²) in [7, 11) is 0. The predicted molar refractivity (Wildman–Crippen MR) is 103 cm³/mol. The maximum Gasteiger partial charge on any atom is 0.241 e. The van der Waals surface area contributed by atoms with Gasteiger partial charge >= 0.3 is 0 Å². The lowest BCUT2D eigenvalue weighted by atomic mass is 10.1. The van der Waals surface area contributed by atoms with Gasteiger partial charge in [-0.1, -0.05) is 29.8 Å². The van der Waals surface area contributed by atoms with Gasteiger partial charge in [-0.3, -0.25) is 14.6 Å². The molecule has 2 aromatic rings. The van der Waals surface area contributed by atoms with Crippen LogP contribution in [0, 0.1) is 12.7 Å². The lowest BCUT2D eigenvalue weighted by Gasteiger charge is -2.37. The van der Waals surface area contributed by atoms with Gasteiger partial charge in [-0.05, 0) is 43.7 Å². The lowest BCUT2D eigenvalue weighted by molar-refractivity contribution is -0.121. The van der Waals surface area contributed by atoms with Crippen LogP contribution in [0.4, 0.5) is 10.1 Å². The van der Waals surface area contributed by atoms with E-state index in [1.54, 1.807) is 12.1 Å². The van der Waals surface area contributed by atoms with Crippen molar-refractivity contribution in [3.63, 3.8) is 0 Å². The highest BCUT2D eigenvalue weighted by Crippen LogP contribution is 2.14. The topological polar surface area (TPSA) is 35.6 Å². The number of amides is 1. The van der Waals surface area contributed by atoms with E-state index in [9.17, 15) is 9.18 Å². The molecular weight excluding hydrogens is 329 g/mol. The largest absolute Gasteiger partial charge is 0.325 e. The molecule has 0 aliphatic carbocycles. The monoisotopic (exact) mass is 355 g/mol. The molecule has 26 heavy (non-hydrogen) atoms. The van der Waals surface area contributed by atoms with Gasteiger partial charge in [0.2, 0.25) is 5.91 Å². The second-order valence-corrected chi connectivity index (χ2v) is 6.97. The number of hydrogen-bond acceptors (Lipinski definition) is 3. The summed E-state index contributed by atoms with van der Waals surface area (Å²) in [5.41, 5.74) is 3.24. The van der Waals surface area contributed by atoms with Gasteiger partial charge in [0.1, 0.15) is 5.82 Å². The van der Waals surface area contributed by atoms with Crippen LogP contribution in [0.2, 0.25) is 0 Å². The second-order valence-electron chi connectivity index (χ2n) is 6.97. The summed E-state index contributed by atoms with van der Waals surface area (Å²) >= 11 is 0. The van der Waals surface area contributed by atoms with E-state index in [0.717, 1.165) is 32.7 Å². The lowest BCUT2D eigenvalue weighted by Crippen LogP contribution is -2.52. The number of benzene rings is 2. The van der Waals surface area contributed by atoms with Crippen molar-refractivity contribution in [3.8, 4) is 0 Å². The maximum absolute atomic E-state index is 13.0. The van der Waals surface area contributed by atoms with E-state index in [0.29, 0.717) is 5.69 Å². The Hall–Kier alpha value is -2.24. The van der Waals surface area contributed by atoms with Crippen LogP contribution >= 0.6 is 0 Å². The number of hydrogen-bond donors (Lipinski definition) is 1. The van der Waals surface area contributed by atoms with Gasteiger partial charge in [0, 0.05) is 38.4 Å². The normalized spacial score (nSPS) is 17.0. The molecule has 2 aromatic carbocycles. The summed E-state index contributed by atoms with van der Waals surface area (Å²) in [5.74, 6) is -0.357. The predicted octanol–water partition coefficient (Wildman–Crippen LogP) is 3.28. The highest BCUT2D eigenvalue weighted by Gasteiger charge is 2.25. The Bertz CT molecular complexity index is 739. The zero-order valence-corrected chi connectivity index (χ0v) is 15.4. The molecule has 4 nitrogen and oxygen atoms in total. The molecule has 0 spiro atoms. The van der Waals surface area contributed by atoms with Crippen molar-refractivity contribution in [2.45, 2.75) is 26.4 Å². The summed E-state index contributed by atoms with van der Waals surface area (Å²) < 4.78 is 13.0. The van der Waals surface area contributed by atoms with Gasteiger partial charge in [-0.15, -0.1) is 0 Å². The van der Waals surface area contributed by atoms with Gasteiger partial charge in [-0.2, -0.15) is 0 Å². The average Bonchev–Trinajstić information content (AvgIpc) is 2.64. The van der Waals surface area contributed by atoms with Crippen LogP contribution < -0.4 is 5.32 Å². The van der Waals surface area contributed by atoms with Crippen molar-refractivity contribution in [3.05, 3.63) is 65.5 Å². The molecule has 1 atom stereocenters. The summed E-state index contributed by atoms with van der Waals surface area (Å²) in [6.45, 7) is 8.61. The first-order valence-corrected chi connectivity index (χ1v) is 9.09. The molecule has 1 saturated heterocycles. The van der Waals surface area contributed by atoms with Gasteiger partial charge in [0.05, 0.1) is 6.04 Å². The first kappa shape index (κ1) is 18.5. The maximum atomic E-state index is 13.0.